The van der Waals surface area contributed by atoms with E-state index in [1.807, 2.05) is 26.0 Å². The van der Waals surface area contributed by atoms with Gasteiger partial charge in [-0.15, -0.1) is 0 Å². The van der Waals surface area contributed by atoms with E-state index in [-0.39, 0.29) is 23.8 Å². The van der Waals surface area contributed by atoms with Gasteiger partial charge in [-0.05, 0) is 38.3 Å². The minimum absolute atomic E-state index is 0.0476. The molecule has 0 aliphatic carbocycles. The van der Waals surface area contributed by atoms with Gasteiger partial charge < -0.3 is 19.2 Å². The fourth-order valence-electron chi connectivity index (χ4n) is 2.57. The molecule has 128 valence electrons. The summed E-state index contributed by atoms with van der Waals surface area (Å²) in [6.45, 7) is 4.91. The number of aromatic nitrogens is 2. The first-order chi connectivity index (χ1) is 11.6. The Labute approximate surface area is 140 Å². The molecule has 3 heterocycles. The van der Waals surface area contributed by atoms with Crippen LogP contribution in [0.25, 0.3) is 0 Å². The van der Waals surface area contributed by atoms with Gasteiger partial charge in [0.2, 0.25) is 5.88 Å². The lowest BCUT2D eigenvalue weighted by Crippen LogP contribution is -2.24. The molecule has 1 saturated heterocycles. The van der Waals surface area contributed by atoms with Crippen molar-refractivity contribution in [3.05, 3.63) is 41.7 Å². The van der Waals surface area contributed by atoms with E-state index in [2.05, 4.69) is 15.3 Å². The highest BCUT2D eigenvalue weighted by atomic mass is 16.5. The minimum Gasteiger partial charge on any atom is -0.475 e. The Kier molecular flexibility index (Phi) is 5.10. The molecule has 0 radical (unpaired) electrons. The summed E-state index contributed by atoms with van der Waals surface area (Å²) in [5, 5.41) is 2.85. The van der Waals surface area contributed by atoms with Crippen LogP contribution >= 0.6 is 0 Å². The quantitative estimate of drug-likeness (QED) is 0.875. The fourth-order valence-corrected chi connectivity index (χ4v) is 2.57. The van der Waals surface area contributed by atoms with E-state index in [1.54, 1.807) is 6.20 Å². The second-order valence-corrected chi connectivity index (χ2v) is 5.92. The number of hydrogen-bond acceptors (Lipinski definition) is 6. The van der Waals surface area contributed by atoms with Gasteiger partial charge in [0.05, 0.1) is 6.10 Å². The van der Waals surface area contributed by atoms with Crippen LogP contribution < -0.4 is 10.1 Å². The van der Waals surface area contributed by atoms with E-state index in [9.17, 15) is 4.79 Å². The van der Waals surface area contributed by atoms with Gasteiger partial charge in [0, 0.05) is 25.4 Å². The van der Waals surface area contributed by atoms with Crippen molar-refractivity contribution in [2.75, 3.05) is 6.61 Å². The first kappa shape index (κ1) is 16.4. The second kappa shape index (κ2) is 7.44. The molecule has 1 unspecified atom stereocenters. The second-order valence-electron chi connectivity index (χ2n) is 5.92. The number of carbonyl (C=O) groups is 1. The highest BCUT2D eigenvalue weighted by Crippen LogP contribution is 2.30. The van der Waals surface area contributed by atoms with Crippen molar-refractivity contribution >= 4 is 5.91 Å². The van der Waals surface area contributed by atoms with E-state index in [0.717, 1.165) is 18.4 Å². The van der Waals surface area contributed by atoms with Gasteiger partial charge in [-0.3, -0.25) is 4.79 Å². The van der Waals surface area contributed by atoms with Crippen molar-refractivity contribution in [1.82, 2.24) is 15.3 Å². The molecule has 1 aliphatic heterocycles. The predicted octanol–water partition coefficient (Wildman–Crippen LogP) is 2.64. The summed E-state index contributed by atoms with van der Waals surface area (Å²) in [5.41, 5.74) is 1.19. The van der Waals surface area contributed by atoms with Crippen molar-refractivity contribution in [3.8, 4) is 5.88 Å². The highest BCUT2D eigenvalue weighted by Gasteiger charge is 2.27. The Balaban J connectivity index is 1.63. The molecule has 0 spiro atoms. The highest BCUT2D eigenvalue weighted by molar-refractivity contribution is 5.93. The van der Waals surface area contributed by atoms with Crippen molar-refractivity contribution in [2.24, 2.45) is 0 Å². The Hall–Kier alpha value is -2.41. The average molecular weight is 331 g/mol. The van der Waals surface area contributed by atoms with Crippen molar-refractivity contribution in [3.63, 3.8) is 0 Å². The molecule has 3 rings (SSSR count). The van der Waals surface area contributed by atoms with Crippen molar-refractivity contribution in [1.29, 1.82) is 0 Å². The van der Waals surface area contributed by atoms with E-state index < -0.39 is 0 Å². The zero-order valence-corrected chi connectivity index (χ0v) is 13.8. The van der Waals surface area contributed by atoms with Gasteiger partial charge >= 0.3 is 0 Å². The molecule has 1 atom stereocenters. The van der Waals surface area contributed by atoms with Crippen molar-refractivity contribution in [2.45, 2.75) is 45.4 Å². The zero-order chi connectivity index (χ0) is 16.9. The molecular weight excluding hydrogens is 310 g/mol. The topological polar surface area (TPSA) is 86.5 Å². The lowest BCUT2D eigenvalue weighted by Gasteiger charge is -2.10. The van der Waals surface area contributed by atoms with Crippen LogP contribution in [0.15, 0.2) is 29.1 Å². The molecule has 0 bridgehead atoms. The molecule has 0 saturated carbocycles. The van der Waals surface area contributed by atoms with Crippen LogP contribution in [0.4, 0.5) is 0 Å². The fraction of sp³-hybridized carbons (Fsp3) is 0.471. The Morgan fingerprint density at radius 1 is 1.46 bits per heavy atom. The minimum atomic E-state index is -0.280. The monoisotopic (exact) mass is 331 g/mol. The van der Waals surface area contributed by atoms with Gasteiger partial charge in [0.25, 0.3) is 5.91 Å². The summed E-state index contributed by atoms with van der Waals surface area (Å²) >= 11 is 0. The summed E-state index contributed by atoms with van der Waals surface area (Å²) in [5.74, 6) is 0.763. The van der Waals surface area contributed by atoms with Gasteiger partial charge in [-0.1, -0.05) is 0 Å². The van der Waals surface area contributed by atoms with Gasteiger partial charge in [-0.25, -0.2) is 9.97 Å². The molecule has 1 amide bonds. The number of rotatable bonds is 6. The lowest BCUT2D eigenvalue weighted by atomic mass is 10.1. The molecule has 1 aliphatic rings. The van der Waals surface area contributed by atoms with Crippen LogP contribution in [0.2, 0.25) is 0 Å². The van der Waals surface area contributed by atoms with Gasteiger partial charge in [0.15, 0.2) is 17.8 Å². The van der Waals surface area contributed by atoms with E-state index in [0.29, 0.717) is 24.8 Å². The molecule has 7 nitrogen and oxygen atoms in total. The lowest BCUT2D eigenvalue weighted by molar-refractivity contribution is 0.0860. The smallest absolute Gasteiger partial charge is 0.273 e. The van der Waals surface area contributed by atoms with Crippen molar-refractivity contribution < 1.29 is 18.7 Å². The number of nitrogens with zero attached hydrogens (tertiary/aromatic N) is 2. The SMILES string of the molecule is CC(C)Oc1cc(CNC(=O)c2ncoc2C2CCCO2)ccn1. The normalized spacial score (nSPS) is 17.2. The maximum absolute atomic E-state index is 12.4. The molecule has 1 fully saturated rings. The van der Waals surface area contributed by atoms with E-state index >= 15 is 0 Å². The molecule has 2 aromatic heterocycles. The van der Waals surface area contributed by atoms with E-state index in [1.165, 1.54) is 6.39 Å². The Morgan fingerprint density at radius 2 is 2.33 bits per heavy atom. The Bertz CT molecular complexity index is 693. The van der Waals surface area contributed by atoms with E-state index in [4.69, 9.17) is 13.9 Å². The van der Waals surface area contributed by atoms with Crippen LogP contribution in [0, 0.1) is 0 Å². The molecule has 1 N–H and O–H groups in total. The largest absolute Gasteiger partial charge is 0.475 e. The number of oxazole rings is 1. The standard InChI is InChI=1S/C17H21N3O4/c1-11(2)24-14-8-12(5-6-18-14)9-19-17(21)15-16(23-10-20-15)13-4-3-7-22-13/h5-6,8,10-11,13H,3-4,7,9H2,1-2H3,(H,19,21). The number of ether oxygens (including phenoxy) is 2. The molecule has 0 aromatic carbocycles. The number of amides is 1. The Morgan fingerprint density at radius 3 is 3.08 bits per heavy atom. The molecule has 7 heteroatoms. The van der Waals surface area contributed by atoms with Crippen LogP contribution in [-0.4, -0.2) is 28.6 Å². The zero-order valence-electron chi connectivity index (χ0n) is 13.8. The third-order valence-electron chi connectivity index (χ3n) is 3.64. The molecule has 24 heavy (non-hydrogen) atoms. The maximum atomic E-state index is 12.4. The summed E-state index contributed by atoms with van der Waals surface area (Å²) in [4.78, 5) is 20.6. The number of carbonyl (C=O) groups excluding carboxylic acids is 1. The first-order valence-electron chi connectivity index (χ1n) is 8.08. The number of nitrogens with one attached hydrogen (secondary N) is 1. The number of pyridine rings is 1. The maximum Gasteiger partial charge on any atom is 0.273 e. The van der Waals surface area contributed by atoms with Crippen LogP contribution in [0.5, 0.6) is 5.88 Å². The number of hydrogen-bond donors (Lipinski definition) is 1. The third-order valence-corrected chi connectivity index (χ3v) is 3.64. The average Bonchev–Trinajstić information content (AvgIpc) is 3.22. The predicted molar refractivity (Wildman–Crippen MR) is 85.6 cm³/mol. The van der Waals surface area contributed by atoms with Gasteiger partial charge in [0.1, 0.15) is 6.10 Å². The molecule has 2 aromatic rings. The summed E-state index contributed by atoms with van der Waals surface area (Å²) in [6, 6.07) is 3.64. The van der Waals surface area contributed by atoms with Crippen LogP contribution in [0.1, 0.15) is 54.6 Å². The van der Waals surface area contributed by atoms with Gasteiger partial charge in [-0.2, -0.15) is 0 Å². The summed E-state index contributed by atoms with van der Waals surface area (Å²) in [7, 11) is 0. The summed E-state index contributed by atoms with van der Waals surface area (Å²) < 4.78 is 16.5. The molecular formula is C17H21N3O4. The third kappa shape index (κ3) is 3.91. The van der Waals surface area contributed by atoms with Crippen LogP contribution in [-0.2, 0) is 11.3 Å². The summed E-state index contributed by atoms with van der Waals surface area (Å²) in [6.07, 6.45) is 4.62. The van der Waals surface area contributed by atoms with Crippen LogP contribution in [0.3, 0.4) is 0 Å². The first-order valence-corrected chi connectivity index (χ1v) is 8.08.